The number of hydrogen-bond acceptors (Lipinski definition) is 30. The number of sulfonamides is 2. The molecule has 8 N–H and O–H groups in total. The Hall–Kier alpha value is -11.8. The van der Waals surface area contributed by atoms with Crippen molar-refractivity contribution in [3.8, 4) is 0 Å². The summed E-state index contributed by atoms with van der Waals surface area (Å²) in [4.78, 5) is 118. The third kappa shape index (κ3) is 25.0. The Balaban J connectivity index is 0.000000147. The molecule has 0 atom stereocenters. The number of carbonyl (C=O) groups is 6. The zero-order chi connectivity index (χ0) is 84.8. The number of ketones is 4. The molecular weight excluding hydrogens is 1580 g/mol. The van der Waals surface area contributed by atoms with Gasteiger partial charge in [-0.1, -0.05) is 14.4 Å². The van der Waals surface area contributed by atoms with E-state index in [1.54, 1.807) is 42.9 Å². The molecule has 34 nitrogen and oxygen atoms in total. The number of amides is 2. The lowest BCUT2D eigenvalue weighted by molar-refractivity contribution is -0.131. The molecule has 16 rings (SSSR count). The van der Waals surface area contributed by atoms with Crippen LogP contribution in [0.25, 0.3) is 0 Å². The highest BCUT2D eigenvalue weighted by Crippen LogP contribution is 2.34. The average molecular weight is 1690 g/mol. The number of Topliss-reactive ketones (excluding diaryl/α,β-unsaturated/α-hetero) is 4. The van der Waals surface area contributed by atoms with Crippen LogP contribution in [0, 0.1) is 0 Å². The molecule has 4 aromatic carbocycles. The van der Waals surface area contributed by atoms with Crippen LogP contribution >= 0.6 is 0 Å². The average Bonchev–Trinajstić information content (AvgIpc) is 1.66. The summed E-state index contributed by atoms with van der Waals surface area (Å²) >= 11 is 0. The van der Waals surface area contributed by atoms with E-state index in [1.807, 2.05) is 89.5 Å². The number of rotatable bonds is 28. The van der Waals surface area contributed by atoms with E-state index < -0.39 is 20.0 Å². The molecule has 8 heterocycles. The van der Waals surface area contributed by atoms with Gasteiger partial charge in [0, 0.05) is 213 Å². The van der Waals surface area contributed by atoms with Crippen LogP contribution in [-0.4, -0.2) is 251 Å². The highest BCUT2D eigenvalue weighted by Gasteiger charge is 2.31. The van der Waals surface area contributed by atoms with Crippen LogP contribution in [0.1, 0.15) is 155 Å². The molecule has 4 aromatic heterocycles. The number of anilines is 16. The van der Waals surface area contributed by atoms with Crippen molar-refractivity contribution >= 4 is 148 Å². The molecule has 4 saturated heterocycles. The topological polar surface area (TPSA) is 396 Å². The second kappa shape index (κ2) is 40.1. The Kier molecular flexibility index (Phi) is 29.3. The van der Waals surface area contributed by atoms with Gasteiger partial charge in [-0.3, -0.25) is 28.8 Å². The summed E-state index contributed by atoms with van der Waals surface area (Å²) in [6.45, 7) is 22.3. The van der Waals surface area contributed by atoms with E-state index >= 15 is 0 Å². The van der Waals surface area contributed by atoms with Crippen molar-refractivity contribution in [2.75, 3.05) is 179 Å². The SMILES string of the molecule is C.CC(=O)c1cnc(Nc2ccc(N3CCN(C(C)=O)CC3)cc2)nc1NC1CC1.CC(=O)c1cnc(Nc2ccc(N3CCN(S(C)(=O)=O)CC3)cc2)nc1NC1CC1.CCC(=O)N1CCN(c2ccc(Nc3ncc(C(C)=O)c(NC4CC4)n3)cc2)CC1.CCS(=O)(=O)N1CCN(c2ccc(Nc3ncc(C(C)=O)c(NC4CC4)n3)cc2)CC1. The van der Waals surface area contributed by atoms with Gasteiger partial charge in [-0.05, 0) is 183 Å². The highest BCUT2D eigenvalue weighted by molar-refractivity contribution is 7.89. The number of benzene rings is 4. The summed E-state index contributed by atoms with van der Waals surface area (Å²) in [6, 6.07) is 33.5. The Labute approximate surface area is 708 Å². The number of carbonyl (C=O) groups excluding carboxylic acids is 6. The number of piperazine rings is 4. The largest absolute Gasteiger partial charge is 0.369 e. The molecule has 0 unspecified atom stereocenters. The van der Waals surface area contributed by atoms with Gasteiger partial charge < -0.3 is 71.9 Å². The summed E-state index contributed by atoms with van der Waals surface area (Å²) in [7, 11) is -6.26. The minimum atomic E-state index is -3.13. The maximum atomic E-state index is 12.0. The first-order valence-electron chi connectivity index (χ1n) is 41.2. The van der Waals surface area contributed by atoms with Gasteiger partial charge in [0.2, 0.25) is 55.7 Å². The van der Waals surface area contributed by atoms with Crippen molar-refractivity contribution < 1.29 is 45.6 Å². The van der Waals surface area contributed by atoms with E-state index in [1.165, 1.54) is 38.3 Å². The fourth-order valence-electron chi connectivity index (χ4n) is 13.9. The van der Waals surface area contributed by atoms with Crippen molar-refractivity contribution in [3.05, 3.63) is 144 Å². The molecular formula is C85H112N24O10S2. The Bertz CT molecular complexity index is 5180. The predicted octanol–water partition coefficient (Wildman–Crippen LogP) is 10.9. The van der Waals surface area contributed by atoms with Crippen molar-refractivity contribution in [1.82, 2.24) is 58.3 Å². The first-order valence-corrected chi connectivity index (χ1v) is 44.7. The lowest BCUT2D eigenvalue weighted by atomic mass is 10.2. The molecule has 8 aromatic rings. The zero-order valence-electron chi connectivity index (χ0n) is 69.3. The van der Waals surface area contributed by atoms with Crippen LogP contribution in [0.3, 0.4) is 0 Å². The second-order valence-corrected chi connectivity index (χ2v) is 35.3. The fraction of sp³-hybridized carbons (Fsp3) is 0.459. The van der Waals surface area contributed by atoms with Crippen molar-refractivity contribution in [3.63, 3.8) is 0 Å². The quantitative estimate of drug-likeness (QED) is 0.0211. The van der Waals surface area contributed by atoms with Gasteiger partial charge in [0.1, 0.15) is 23.3 Å². The molecule has 4 aliphatic carbocycles. The molecule has 644 valence electrons. The molecule has 36 heteroatoms. The van der Waals surface area contributed by atoms with Crippen LogP contribution in [-0.2, 0) is 29.6 Å². The van der Waals surface area contributed by atoms with Gasteiger partial charge in [0.05, 0.1) is 34.3 Å². The number of nitrogens with zero attached hydrogens (tertiary/aromatic N) is 16. The van der Waals surface area contributed by atoms with E-state index in [9.17, 15) is 45.6 Å². The summed E-state index contributed by atoms with van der Waals surface area (Å²) in [5.74, 6) is 4.39. The van der Waals surface area contributed by atoms with Crippen LogP contribution in [0.4, 0.5) is 92.6 Å². The number of hydrogen-bond donors (Lipinski definition) is 8. The zero-order valence-corrected chi connectivity index (χ0v) is 70.9. The molecule has 8 aliphatic rings. The molecule has 0 spiro atoms. The number of nitrogens with one attached hydrogen (secondary N) is 8. The van der Waals surface area contributed by atoms with Gasteiger partial charge in [-0.25, -0.2) is 36.8 Å². The molecule has 2 amide bonds. The third-order valence-corrected chi connectivity index (χ3v) is 24.8. The van der Waals surface area contributed by atoms with Crippen LogP contribution in [0.2, 0.25) is 0 Å². The Morgan fingerprint density at radius 2 is 0.587 bits per heavy atom. The second-order valence-electron chi connectivity index (χ2n) is 31.1. The van der Waals surface area contributed by atoms with Gasteiger partial charge in [0.15, 0.2) is 23.1 Å². The third-order valence-electron chi connectivity index (χ3n) is 21.7. The van der Waals surface area contributed by atoms with E-state index in [-0.39, 0.29) is 48.1 Å². The summed E-state index contributed by atoms with van der Waals surface area (Å²) < 4.78 is 50.4. The first kappa shape index (κ1) is 88.5. The van der Waals surface area contributed by atoms with E-state index in [0.29, 0.717) is 152 Å². The minimum absolute atomic E-state index is 0. The predicted molar refractivity (Wildman–Crippen MR) is 476 cm³/mol. The number of aromatic nitrogens is 8. The van der Waals surface area contributed by atoms with Gasteiger partial charge in [0.25, 0.3) is 0 Å². The van der Waals surface area contributed by atoms with Gasteiger partial charge in [-0.2, -0.15) is 28.5 Å². The first-order chi connectivity index (χ1) is 57.7. The smallest absolute Gasteiger partial charge is 0.229 e. The van der Waals surface area contributed by atoms with Crippen LogP contribution in [0.15, 0.2) is 122 Å². The molecule has 8 fully saturated rings. The monoisotopic (exact) mass is 1690 g/mol. The summed E-state index contributed by atoms with van der Waals surface area (Å²) in [5, 5.41) is 26.0. The Morgan fingerprint density at radius 1 is 0.347 bits per heavy atom. The maximum absolute atomic E-state index is 12.0. The minimum Gasteiger partial charge on any atom is -0.369 e. The van der Waals surface area contributed by atoms with Crippen LogP contribution < -0.4 is 62.1 Å². The molecule has 0 radical (unpaired) electrons. The normalized spacial score (nSPS) is 16.8. The molecule has 4 aliphatic heterocycles. The molecule has 0 bridgehead atoms. The van der Waals surface area contributed by atoms with Gasteiger partial charge >= 0.3 is 0 Å². The maximum Gasteiger partial charge on any atom is 0.229 e. The molecule has 121 heavy (non-hydrogen) atoms. The van der Waals surface area contributed by atoms with E-state index in [2.05, 4.69) is 126 Å². The summed E-state index contributed by atoms with van der Waals surface area (Å²) in [6.07, 6.45) is 16.8. The standard InChI is InChI=1S/C22H28N6O2.C21H28N6O3S.C21H26N6O2.C20H26N6O3S.CH4/c1-3-20(30)28-12-10-27(11-13-28)18-8-6-17(7-9-18)25-22-23-14-19(15(2)29)21(26-22)24-16-4-5-16;1-3-31(29,30)27-12-10-26(11-13-27)18-8-6-17(7-9-18)24-21-22-14-19(15(2)28)20(25-21)23-16-4-5-16;1-14(28)19-13-22-21(25-20(19)23-16-3-4-16)24-17-5-7-18(8-6-17)27-11-9-26(10-12-27)15(2)29;1-14(27)18-13-21-20(24-19(18)22-15-3-4-15)23-16-5-7-17(8-6-16)25-9-11-26(12-10-25)30(2,28)29;/h6-9,14,16H,3-5,10-13H2,1-2H3,(H2,23,24,25,26);6-9,14,16H,3-5,10-13H2,1-2H3,(H2,22,23,24,25);5-8,13,16H,3-4,9-12H2,1-2H3,(H2,22,23,24,25);5-8,13,15H,3-4,9-12H2,1-2H3,(H2,21,22,23,24);1H4. The van der Waals surface area contributed by atoms with Gasteiger partial charge in [-0.15, -0.1) is 0 Å². The van der Waals surface area contributed by atoms with Crippen molar-refractivity contribution in [1.29, 1.82) is 0 Å². The van der Waals surface area contributed by atoms with Crippen LogP contribution in [0.5, 0.6) is 0 Å². The lowest BCUT2D eigenvalue weighted by Crippen LogP contribution is -2.49. The molecule has 4 saturated carbocycles. The lowest BCUT2D eigenvalue weighted by Gasteiger charge is -2.36. The fourth-order valence-corrected chi connectivity index (χ4v) is 15.8. The van der Waals surface area contributed by atoms with E-state index in [4.69, 9.17) is 0 Å². The highest BCUT2D eigenvalue weighted by atomic mass is 32.2. The van der Waals surface area contributed by atoms with Crippen molar-refractivity contribution in [2.45, 2.75) is 138 Å². The van der Waals surface area contributed by atoms with Crippen molar-refractivity contribution in [2.24, 2.45) is 0 Å². The Morgan fingerprint density at radius 3 is 0.802 bits per heavy atom. The van der Waals surface area contributed by atoms with E-state index in [0.717, 1.165) is 149 Å². The summed E-state index contributed by atoms with van der Waals surface area (Å²) in [5.41, 5.74) is 9.80.